The highest BCUT2D eigenvalue weighted by atomic mass is 16.1. The van der Waals surface area contributed by atoms with Gasteiger partial charge in [-0.2, -0.15) is 0 Å². The molecule has 0 saturated carbocycles. The van der Waals surface area contributed by atoms with Crippen molar-refractivity contribution < 1.29 is 4.79 Å². The maximum Gasteiger partial charge on any atom is 0.258 e. The van der Waals surface area contributed by atoms with E-state index in [9.17, 15) is 4.79 Å². The van der Waals surface area contributed by atoms with E-state index in [4.69, 9.17) is 16.1 Å². The van der Waals surface area contributed by atoms with Gasteiger partial charge in [-0.15, -0.1) is 0 Å². The molecule has 0 aliphatic rings. The molecule has 0 spiro atoms. The lowest BCUT2D eigenvalue weighted by Crippen LogP contribution is -2.35. The second kappa shape index (κ2) is 7.99. The number of carbonyl (C=O) groups is 1. The Bertz CT molecular complexity index is 982. The molecule has 0 fully saturated rings. The Labute approximate surface area is 159 Å². The molecule has 0 bridgehead atoms. The summed E-state index contributed by atoms with van der Waals surface area (Å²) in [5.41, 5.74) is 9.44. The van der Waals surface area contributed by atoms with Crippen molar-refractivity contribution in [3.05, 3.63) is 65.7 Å². The molecule has 1 aromatic heterocycles. The summed E-state index contributed by atoms with van der Waals surface area (Å²) < 4.78 is 0. The Morgan fingerprint density at radius 2 is 1.93 bits per heavy atom. The number of nitrogens with one attached hydrogen (secondary N) is 2. The largest absolute Gasteiger partial charge is 0.370 e. The molecule has 0 saturated heterocycles. The van der Waals surface area contributed by atoms with Crippen molar-refractivity contribution in [2.75, 3.05) is 0 Å². The number of nitrogens with zero attached hydrogens (tertiary/aromatic N) is 1. The Balaban J connectivity index is 2.15. The second-order valence-electron chi connectivity index (χ2n) is 6.86. The summed E-state index contributed by atoms with van der Waals surface area (Å²) in [6.45, 7) is 4.41. The lowest BCUT2D eigenvalue weighted by Gasteiger charge is -2.13. The fourth-order valence-electron chi connectivity index (χ4n) is 3.08. The summed E-state index contributed by atoms with van der Waals surface area (Å²) in [5, 5.41) is 10.5. The molecule has 3 aromatic rings. The third kappa shape index (κ3) is 4.31. The minimum Gasteiger partial charge on any atom is -0.370 e. The van der Waals surface area contributed by atoms with Crippen LogP contribution in [0.15, 0.2) is 54.6 Å². The molecule has 1 unspecified atom stereocenters. The minimum absolute atomic E-state index is 0.375. The third-order valence-corrected chi connectivity index (χ3v) is 4.72. The molecule has 0 aliphatic heterocycles. The molecular formula is C22H24N4O. The van der Waals surface area contributed by atoms with Gasteiger partial charge in [-0.1, -0.05) is 62.7 Å². The van der Waals surface area contributed by atoms with Crippen molar-refractivity contribution in [3.8, 4) is 11.3 Å². The van der Waals surface area contributed by atoms with Crippen molar-refractivity contribution in [2.45, 2.75) is 26.7 Å². The van der Waals surface area contributed by atoms with Gasteiger partial charge in [0, 0.05) is 10.9 Å². The Kier molecular flexibility index (Phi) is 5.50. The quantitative estimate of drug-likeness (QED) is 0.472. The Hall–Kier alpha value is -3.21. The van der Waals surface area contributed by atoms with Gasteiger partial charge >= 0.3 is 0 Å². The first-order chi connectivity index (χ1) is 13.0. The minimum atomic E-state index is -0.401. The first-order valence-corrected chi connectivity index (χ1v) is 9.12. The molecule has 27 heavy (non-hydrogen) atoms. The van der Waals surface area contributed by atoms with Crippen LogP contribution < -0.4 is 11.1 Å². The number of hydrogen-bond donors (Lipinski definition) is 3. The predicted molar refractivity (Wildman–Crippen MR) is 110 cm³/mol. The van der Waals surface area contributed by atoms with Gasteiger partial charge in [0.15, 0.2) is 5.96 Å². The Morgan fingerprint density at radius 1 is 1.19 bits per heavy atom. The first-order valence-electron chi connectivity index (χ1n) is 9.12. The number of aromatic nitrogens is 1. The molecule has 4 N–H and O–H groups in total. The molecule has 0 radical (unpaired) electrons. The normalized spacial score (nSPS) is 11.9. The zero-order valence-electron chi connectivity index (χ0n) is 15.6. The molecule has 5 nitrogen and oxygen atoms in total. The summed E-state index contributed by atoms with van der Waals surface area (Å²) in [4.78, 5) is 17.4. The SMILES string of the molecule is CCC(C)Cc1ccc2c(C(=O)NC(=N)N)cc(-c3ccccc3)nc2c1. The van der Waals surface area contributed by atoms with E-state index in [2.05, 4.69) is 25.2 Å². The molecular weight excluding hydrogens is 336 g/mol. The molecule has 1 heterocycles. The van der Waals surface area contributed by atoms with E-state index in [1.54, 1.807) is 6.07 Å². The summed E-state index contributed by atoms with van der Waals surface area (Å²) >= 11 is 0. The molecule has 0 aliphatic carbocycles. The number of benzene rings is 2. The fourth-order valence-corrected chi connectivity index (χ4v) is 3.08. The van der Waals surface area contributed by atoms with Crippen LogP contribution in [0.25, 0.3) is 22.2 Å². The summed E-state index contributed by atoms with van der Waals surface area (Å²) in [6, 6.07) is 17.5. The molecule has 1 atom stereocenters. The van der Waals surface area contributed by atoms with E-state index >= 15 is 0 Å². The first kappa shape index (κ1) is 18.6. The third-order valence-electron chi connectivity index (χ3n) is 4.72. The number of hydrogen-bond acceptors (Lipinski definition) is 3. The predicted octanol–water partition coefficient (Wildman–Crippen LogP) is 4.11. The van der Waals surface area contributed by atoms with Crippen molar-refractivity contribution in [2.24, 2.45) is 11.7 Å². The lowest BCUT2D eigenvalue weighted by atomic mass is 9.96. The molecule has 138 valence electrons. The number of pyridine rings is 1. The van der Waals surface area contributed by atoms with E-state index in [1.807, 2.05) is 42.5 Å². The van der Waals surface area contributed by atoms with Crippen LogP contribution in [0.2, 0.25) is 0 Å². The number of amides is 1. The van der Waals surface area contributed by atoms with Crippen molar-refractivity contribution in [3.63, 3.8) is 0 Å². The summed E-state index contributed by atoms with van der Waals surface area (Å²) in [5.74, 6) is -0.193. The standard InChI is InChI=1S/C22H24N4O/c1-3-14(2)11-15-9-10-17-18(21(27)26-22(23)24)13-19(25-20(17)12-15)16-7-5-4-6-8-16/h4-10,12-14H,3,11H2,1-2H3,(H4,23,24,26,27). The van der Waals surface area contributed by atoms with Gasteiger partial charge in [-0.3, -0.25) is 15.5 Å². The van der Waals surface area contributed by atoms with E-state index in [0.29, 0.717) is 11.5 Å². The molecule has 3 rings (SSSR count). The van der Waals surface area contributed by atoms with E-state index in [1.165, 1.54) is 5.56 Å². The second-order valence-corrected chi connectivity index (χ2v) is 6.86. The van der Waals surface area contributed by atoms with E-state index in [-0.39, 0.29) is 5.96 Å². The van der Waals surface area contributed by atoms with E-state index < -0.39 is 5.91 Å². The number of guanidine groups is 1. The van der Waals surface area contributed by atoms with Crippen LogP contribution in [0.5, 0.6) is 0 Å². The van der Waals surface area contributed by atoms with Crippen LogP contribution in [0.4, 0.5) is 0 Å². The van der Waals surface area contributed by atoms with Gasteiger partial charge in [0.05, 0.1) is 16.8 Å². The van der Waals surface area contributed by atoms with Crippen LogP contribution in [0.3, 0.4) is 0 Å². The van der Waals surface area contributed by atoms with Gasteiger partial charge in [0.1, 0.15) is 0 Å². The average Bonchev–Trinajstić information content (AvgIpc) is 2.67. The number of rotatable bonds is 5. The highest BCUT2D eigenvalue weighted by molar-refractivity contribution is 6.12. The van der Waals surface area contributed by atoms with Gasteiger partial charge in [-0.05, 0) is 30.0 Å². The average molecular weight is 360 g/mol. The maximum absolute atomic E-state index is 12.6. The molecule has 2 aromatic carbocycles. The zero-order chi connectivity index (χ0) is 19.4. The molecule has 1 amide bonds. The van der Waals surface area contributed by atoms with E-state index in [0.717, 1.165) is 35.0 Å². The number of nitrogens with two attached hydrogens (primary N) is 1. The maximum atomic E-state index is 12.6. The zero-order valence-corrected chi connectivity index (χ0v) is 15.6. The van der Waals surface area contributed by atoms with Crippen LogP contribution in [-0.2, 0) is 6.42 Å². The van der Waals surface area contributed by atoms with Crippen LogP contribution in [0.1, 0.15) is 36.2 Å². The highest BCUT2D eigenvalue weighted by Crippen LogP contribution is 2.26. The van der Waals surface area contributed by atoms with Crippen LogP contribution in [0, 0.1) is 11.3 Å². The van der Waals surface area contributed by atoms with Gasteiger partial charge in [0.25, 0.3) is 5.91 Å². The van der Waals surface area contributed by atoms with Crippen molar-refractivity contribution in [1.82, 2.24) is 10.3 Å². The Morgan fingerprint density at radius 3 is 2.59 bits per heavy atom. The van der Waals surface area contributed by atoms with Gasteiger partial charge in [-0.25, -0.2) is 4.98 Å². The van der Waals surface area contributed by atoms with Gasteiger partial charge in [0.2, 0.25) is 0 Å². The highest BCUT2D eigenvalue weighted by Gasteiger charge is 2.15. The molecule has 5 heteroatoms. The number of carbonyl (C=O) groups excluding carboxylic acids is 1. The van der Waals surface area contributed by atoms with Gasteiger partial charge < -0.3 is 5.73 Å². The number of fused-ring (bicyclic) bond motifs is 1. The fraction of sp³-hybridized carbons (Fsp3) is 0.227. The summed E-state index contributed by atoms with van der Waals surface area (Å²) in [6.07, 6.45) is 2.08. The smallest absolute Gasteiger partial charge is 0.258 e. The summed E-state index contributed by atoms with van der Waals surface area (Å²) in [7, 11) is 0. The van der Waals surface area contributed by atoms with Crippen LogP contribution >= 0.6 is 0 Å². The van der Waals surface area contributed by atoms with Crippen LogP contribution in [-0.4, -0.2) is 16.9 Å². The van der Waals surface area contributed by atoms with Crippen molar-refractivity contribution >= 4 is 22.8 Å². The monoisotopic (exact) mass is 360 g/mol. The topological polar surface area (TPSA) is 91.9 Å². The lowest BCUT2D eigenvalue weighted by molar-refractivity contribution is 0.0978. The van der Waals surface area contributed by atoms with Crippen molar-refractivity contribution in [1.29, 1.82) is 5.41 Å².